The Morgan fingerprint density at radius 2 is 1.80 bits per heavy atom. The van der Waals surface area contributed by atoms with Crippen molar-refractivity contribution >= 4 is 0 Å². The highest BCUT2D eigenvalue weighted by Crippen LogP contribution is 2.43. The molecule has 1 heteroatoms. The van der Waals surface area contributed by atoms with Crippen LogP contribution in [0.3, 0.4) is 0 Å². The Balaban J connectivity index is 2.33. The third kappa shape index (κ3) is 1.90. The first-order valence-electron chi connectivity index (χ1n) is 5.71. The van der Waals surface area contributed by atoms with Crippen LogP contribution in [0.1, 0.15) is 43.2 Å². The largest absolute Gasteiger partial charge is 0.198 e. The third-order valence-corrected chi connectivity index (χ3v) is 3.64. The van der Waals surface area contributed by atoms with Gasteiger partial charge in [-0.2, -0.15) is 5.26 Å². The van der Waals surface area contributed by atoms with Crippen molar-refractivity contribution in [1.29, 1.82) is 5.26 Å². The number of aryl methyl sites for hydroxylation is 1. The van der Waals surface area contributed by atoms with Gasteiger partial charge >= 0.3 is 0 Å². The highest BCUT2D eigenvalue weighted by atomic mass is 14.4. The van der Waals surface area contributed by atoms with Crippen LogP contribution in [0.2, 0.25) is 0 Å². The van der Waals surface area contributed by atoms with Crippen molar-refractivity contribution in [2.45, 2.75) is 44.4 Å². The first-order valence-corrected chi connectivity index (χ1v) is 5.71. The van der Waals surface area contributed by atoms with Gasteiger partial charge in [-0.3, -0.25) is 0 Å². The van der Waals surface area contributed by atoms with Gasteiger partial charge in [0, 0.05) is 11.8 Å². The summed E-state index contributed by atoms with van der Waals surface area (Å²) in [5.41, 5.74) is 2.83. The first-order chi connectivity index (χ1) is 7.27. The number of hydrogen-bond donors (Lipinski definition) is 0. The average Bonchev–Trinajstić information content (AvgIpc) is 2.69. The number of rotatable bonds is 2. The molecule has 1 aromatic rings. The molecule has 0 amide bonds. The smallest absolute Gasteiger partial charge is 0.0631 e. The minimum atomic E-state index is 0.169. The van der Waals surface area contributed by atoms with Crippen LogP contribution < -0.4 is 0 Å². The van der Waals surface area contributed by atoms with Crippen molar-refractivity contribution in [3.05, 3.63) is 35.4 Å². The fourth-order valence-electron chi connectivity index (χ4n) is 2.68. The van der Waals surface area contributed by atoms with Gasteiger partial charge in [-0.05, 0) is 25.3 Å². The van der Waals surface area contributed by atoms with Gasteiger partial charge in [0.1, 0.15) is 0 Å². The SMILES string of the molecule is Cc1ccc(C2(CC#N)CCCC2)cc1. The fourth-order valence-corrected chi connectivity index (χ4v) is 2.68. The van der Waals surface area contributed by atoms with Crippen LogP contribution in [0.25, 0.3) is 0 Å². The van der Waals surface area contributed by atoms with E-state index in [4.69, 9.17) is 5.26 Å². The van der Waals surface area contributed by atoms with E-state index in [-0.39, 0.29) is 5.41 Å². The molecular weight excluding hydrogens is 182 g/mol. The maximum atomic E-state index is 8.96. The molecule has 1 aliphatic rings. The number of nitrogens with zero attached hydrogens (tertiary/aromatic N) is 1. The molecule has 0 aliphatic heterocycles. The lowest BCUT2D eigenvalue weighted by molar-refractivity contribution is 0.451. The van der Waals surface area contributed by atoms with Crippen LogP contribution in [0.4, 0.5) is 0 Å². The molecule has 0 heterocycles. The lowest BCUT2D eigenvalue weighted by atomic mass is 9.76. The van der Waals surface area contributed by atoms with Crippen molar-refractivity contribution in [2.75, 3.05) is 0 Å². The molecule has 78 valence electrons. The molecular formula is C14H17N. The number of hydrogen-bond acceptors (Lipinski definition) is 1. The van der Waals surface area contributed by atoms with Gasteiger partial charge in [0.25, 0.3) is 0 Å². The second-order valence-electron chi connectivity index (χ2n) is 4.69. The van der Waals surface area contributed by atoms with Crippen molar-refractivity contribution in [3.8, 4) is 6.07 Å². The van der Waals surface area contributed by atoms with Crippen LogP contribution >= 0.6 is 0 Å². The third-order valence-electron chi connectivity index (χ3n) is 3.64. The van der Waals surface area contributed by atoms with E-state index in [0.717, 1.165) is 0 Å². The van der Waals surface area contributed by atoms with E-state index in [0.29, 0.717) is 6.42 Å². The number of benzene rings is 1. The van der Waals surface area contributed by atoms with Crippen LogP contribution in [0.5, 0.6) is 0 Å². The summed E-state index contributed by atoms with van der Waals surface area (Å²) in [6.07, 6.45) is 5.59. The van der Waals surface area contributed by atoms with E-state index in [1.165, 1.54) is 36.8 Å². The maximum absolute atomic E-state index is 8.96. The van der Waals surface area contributed by atoms with E-state index >= 15 is 0 Å². The summed E-state index contributed by atoms with van der Waals surface area (Å²) >= 11 is 0. The zero-order valence-electron chi connectivity index (χ0n) is 9.29. The monoisotopic (exact) mass is 199 g/mol. The minimum Gasteiger partial charge on any atom is -0.198 e. The lowest BCUT2D eigenvalue weighted by Crippen LogP contribution is -2.21. The Morgan fingerprint density at radius 3 is 2.33 bits per heavy atom. The molecule has 15 heavy (non-hydrogen) atoms. The summed E-state index contributed by atoms with van der Waals surface area (Å²) in [7, 11) is 0. The molecule has 1 saturated carbocycles. The Bertz CT molecular complexity index is 363. The molecule has 0 aromatic heterocycles. The van der Waals surface area contributed by atoms with E-state index < -0.39 is 0 Å². The molecule has 0 saturated heterocycles. The number of nitriles is 1. The van der Waals surface area contributed by atoms with Crippen LogP contribution in [0, 0.1) is 18.3 Å². The molecule has 0 unspecified atom stereocenters. The molecule has 1 aromatic carbocycles. The van der Waals surface area contributed by atoms with Crippen LogP contribution in [0.15, 0.2) is 24.3 Å². The summed E-state index contributed by atoms with van der Waals surface area (Å²) < 4.78 is 0. The van der Waals surface area contributed by atoms with Gasteiger partial charge in [0.05, 0.1) is 6.07 Å². The summed E-state index contributed by atoms with van der Waals surface area (Å²) in [6.45, 7) is 2.11. The molecule has 1 nitrogen and oxygen atoms in total. The normalized spacial score (nSPS) is 18.7. The summed E-state index contributed by atoms with van der Waals surface area (Å²) in [5, 5.41) is 8.96. The Hall–Kier alpha value is -1.29. The molecule has 2 rings (SSSR count). The highest BCUT2D eigenvalue weighted by Gasteiger charge is 2.35. The standard InChI is InChI=1S/C14H17N/c1-12-4-6-13(7-5-12)14(10-11-15)8-2-3-9-14/h4-7H,2-3,8-10H2,1H3. The average molecular weight is 199 g/mol. The van der Waals surface area contributed by atoms with Gasteiger partial charge in [-0.15, -0.1) is 0 Å². The van der Waals surface area contributed by atoms with E-state index in [1.807, 2.05) is 0 Å². The maximum Gasteiger partial charge on any atom is 0.0631 e. The highest BCUT2D eigenvalue weighted by molar-refractivity contribution is 5.30. The van der Waals surface area contributed by atoms with Gasteiger partial charge in [0.15, 0.2) is 0 Å². The molecule has 1 fully saturated rings. The molecule has 1 aliphatic carbocycles. The van der Waals surface area contributed by atoms with E-state index in [9.17, 15) is 0 Å². The Labute approximate surface area is 91.7 Å². The summed E-state index contributed by atoms with van der Waals surface area (Å²) in [4.78, 5) is 0. The quantitative estimate of drug-likeness (QED) is 0.712. The van der Waals surface area contributed by atoms with E-state index in [2.05, 4.69) is 37.3 Å². The van der Waals surface area contributed by atoms with Crippen LogP contribution in [-0.2, 0) is 5.41 Å². The first kappa shape index (κ1) is 10.2. The second-order valence-corrected chi connectivity index (χ2v) is 4.69. The topological polar surface area (TPSA) is 23.8 Å². The molecule has 0 spiro atoms. The van der Waals surface area contributed by atoms with Crippen molar-refractivity contribution < 1.29 is 0 Å². The van der Waals surface area contributed by atoms with Crippen LogP contribution in [-0.4, -0.2) is 0 Å². The minimum absolute atomic E-state index is 0.169. The molecule has 0 bridgehead atoms. The van der Waals surface area contributed by atoms with Gasteiger partial charge < -0.3 is 0 Å². The molecule has 0 radical (unpaired) electrons. The molecule has 0 atom stereocenters. The van der Waals surface area contributed by atoms with E-state index in [1.54, 1.807) is 0 Å². The predicted molar refractivity (Wildman–Crippen MR) is 61.6 cm³/mol. The Morgan fingerprint density at radius 1 is 1.20 bits per heavy atom. The lowest BCUT2D eigenvalue weighted by Gasteiger charge is -2.26. The van der Waals surface area contributed by atoms with Gasteiger partial charge in [-0.1, -0.05) is 42.7 Å². The fraction of sp³-hybridized carbons (Fsp3) is 0.500. The zero-order valence-corrected chi connectivity index (χ0v) is 9.29. The predicted octanol–water partition coefficient (Wildman–Crippen LogP) is 3.72. The van der Waals surface area contributed by atoms with Gasteiger partial charge in [-0.25, -0.2) is 0 Å². The van der Waals surface area contributed by atoms with Gasteiger partial charge in [0.2, 0.25) is 0 Å². The van der Waals surface area contributed by atoms with Crippen molar-refractivity contribution in [2.24, 2.45) is 0 Å². The summed E-state index contributed by atoms with van der Waals surface area (Å²) in [5.74, 6) is 0. The summed E-state index contributed by atoms with van der Waals surface area (Å²) in [6, 6.07) is 11.1. The Kier molecular flexibility index (Phi) is 2.77. The van der Waals surface area contributed by atoms with Crippen molar-refractivity contribution in [1.82, 2.24) is 0 Å². The molecule has 0 N–H and O–H groups in total. The second kappa shape index (κ2) is 4.06. The zero-order chi connectivity index (χ0) is 10.7. The van der Waals surface area contributed by atoms with Crippen molar-refractivity contribution in [3.63, 3.8) is 0 Å².